The van der Waals surface area contributed by atoms with Crippen LogP contribution in [0.25, 0.3) is 0 Å². The Morgan fingerprint density at radius 2 is 2.31 bits per heavy atom. The van der Waals surface area contributed by atoms with Crippen LogP contribution in [0.3, 0.4) is 0 Å². The summed E-state index contributed by atoms with van der Waals surface area (Å²) >= 11 is 6.66. The Morgan fingerprint density at radius 1 is 1.69 bits per heavy atom. The van der Waals surface area contributed by atoms with E-state index in [1.807, 2.05) is 0 Å². The molecule has 1 aromatic heterocycles. The highest BCUT2D eigenvalue weighted by molar-refractivity contribution is 7.18. The quantitative estimate of drug-likeness (QED) is 0.606. The number of halogens is 1. The first-order valence-electron chi connectivity index (χ1n) is 3.23. The zero-order valence-corrected chi connectivity index (χ0v) is 8.24. The van der Waals surface area contributed by atoms with E-state index in [2.05, 4.69) is 4.74 Å². The third kappa shape index (κ3) is 1.66. The Labute approximate surface area is 83.2 Å². The van der Waals surface area contributed by atoms with E-state index in [-0.39, 0.29) is 20.5 Å². The molecule has 0 fully saturated rings. The van der Waals surface area contributed by atoms with Gasteiger partial charge in [-0.25, -0.2) is 4.79 Å². The predicted octanol–water partition coefficient (Wildman–Crippen LogP) is 1.58. The molecule has 0 saturated heterocycles. The second-order valence-corrected chi connectivity index (χ2v) is 3.59. The number of methoxy groups -OCH3 is 1. The molecule has 0 radical (unpaired) electrons. The van der Waals surface area contributed by atoms with Gasteiger partial charge in [0, 0.05) is 0 Å². The number of thiophene rings is 1. The molecule has 4 nitrogen and oxygen atoms in total. The molecule has 6 heteroatoms. The number of hydrogen-bond acceptors (Lipinski definition) is 5. The second-order valence-electron chi connectivity index (χ2n) is 2.13. The fraction of sp³-hybridized carbons (Fsp3) is 0.143. The molecule has 0 atom stereocenters. The lowest BCUT2D eigenvalue weighted by atomic mass is 10.3. The smallest absolute Gasteiger partial charge is 0.342 e. The molecule has 0 unspecified atom stereocenters. The van der Waals surface area contributed by atoms with Crippen LogP contribution in [0.2, 0.25) is 5.02 Å². The minimum atomic E-state index is -0.633. The van der Waals surface area contributed by atoms with Crippen LogP contribution in [0.4, 0.5) is 5.00 Å². The van der Waals surface area contributed by atoms with Gasteiger partial charge in [-0.2, -0.15) is 0 Å². The van der Waals surface area contributed by atoms with E-state index in [1.54, 1.807) is 0 Å². The average Bonchev–Trinajstić information content (AvgIpc) is 2.40. The summed E-state index contributed by atoms with van der Waals surface area (Å²) in [5.41, 5.74) is 5.53. The van der Waals surface area contributed by atoms with Crippen molar-refractivity contribution in [2.24, 2.45) is 0 Å². The highest BCUT2D eigenvalue weighted by atomic mass is 35.5. The zero-order valence-electron chi connectivity index (χ0n) is 6.67. The molecule has 0 aliphatic carbocycles. The standard InChI is InChI=1S/C7H6ClNO3S/c1-12-7(11)4-5(8)3(2-10)13-6(4)9/h2H,9H2,1H3. The number of aldehydes is 1. The molecule has 0 aliphatic heterocycles. The first kappa shape index (κ1) is 10.0. The first-order valence-corrected chi connectivity index (χ1v) is 4.42. The number of carbonyl (C=O) groups is 2. The molecule has 0 saturated carbocycles. The first-order chi connectivity index (χ1) is 6.11. The number of carbonyl (C=O) groups excluding carboxylic acids is 2. The lowest BCUT2D eigenvalue weighted by Gasteiger charge is -1.96. The van der Waals surface area contributed by atoms with E-state index >= 15 is 0 Å². The summed E-state index contributed by atoms with van der Waals surface area (Å²) in [5, 5.41) is 0.253. The number of ether oxygens (including phenoxy) is 1. The number of hydrogen-bond donors (Lipinski definition) is 1. The Morgan fingerprint density at radius 3 is 2.69 bits per heavy atom. The highest BCUT2D eigenvalue weighted by Crippen LogP contribution is 2.34. The molecule has 0 amide bonds. The van der Waals surface area contributed by atoms with Crippen molar-refractivity contribution in [1.82, 2.24) is 0 Å². The van der Waals surface area contributed by atoms with Gasteiger partial charge in [0.05, 0.1) is 17.0 Å². The van der Waals surface area contributed by atoms with Gasteiger partial charge in [-0.05, 0) is 0 Å². The average molecular weight is 220 g/mol. The maximum absolute atomic E-state index is 11.1. The molecular formula is C7H6ClNO3S. The minimum Gasteiger partial charge on any atom is -0.465 e. The van der Waals surface area contributed by atoms with Crippen LogP contribution in [0.5, 0.6) is 0 Å². The summed E-state index contributed by atoms with van der Waals surface area (Å²) in [7, 11) is 1.22. The fourth-order valence-corrected chi connectivity index (χ4v) is 1.97. The van der Waals surface area contributed by atoms with Crippen LogP contribution in [0.15, 0.2) is 0 Å². The fourth-order valence-electron chi connectivity index (χ4n) is 0.814. The Bertz CT molecular complexity index is 361. The van der Waals surface area contributed by atoms with Gasteiger partial charge >= 0.3 is 5.97 Å². The third-order valence-electron chi connectivity index (χ3n) is 1.40. The monoisotopic (exact) mass is 219 g/mol. The lowest BCUT2D eigenvalue weighted by Crippen LogP contribution is -2.03. The van der Waals surface area contributed by atoms with E-state index in [0.29, 0.717) is 6.29 Å². The summed E-state index contributed by atoms with van der Waals surface area (Å²) in [6.45, 7) is 0. The van der Waals surface area contributed by atoms with E-state index in [9.17, 15) is 9.59 Å². The zero-order chi connectivity index (χ0) is 10.0. The summed E-state index contributed by atoms with van der Waals surface area (Å²) in [6.07, 6.45) is 0.551. The largest absolute Gasteiger partial charge is 0.465 e. The van der Waals surface area contributed by atoms with Crippen molar-refractivity contribution in [3.05, 3.63) is 15.5 Å². The molecular weight excluding hydrogens is 214 g/mol. The summed E-state index contributed by atoms with van der Waals surface area (Å²) in [5.74, 6) is -0.633. The van der Waals surface area contributed by atoms with Gasteiger partial charge in [0.1, 0.15) is 10.6 Å². The van der Waals surface area contributed by atoms with Crippen LogP contribution < -0.4 is 5.73 Å². The molecule has 0 spiro atoms. The van der Waals surface area contributed by atoms with Crippen LogP contribution >= 0.6 is 22.9 Å². The van der Waals surface area contributed by atoms with E-state index in [1.165, 1.54) is 7.11 Å². The lowest BCUT2D eigenvalue weighted by molar-refractivity contribution is 0.0602. The Kier molecular flexibility index (Phi) is 2.90. The summed E-state index contributed by atoms with van der Waals surface area (Å²) in [6, 6.07) is 0. The van der Waals surface area contributed by atoms with Crippen molar-refractivity contribution in [2.75, 3.05) is 12.8 Å². The van der Waals surface area contributed by atoms with E-state index < -0.39 is 5.97 Å². The molecule has 0 aromatic carbocycles. The van der Waals surface area contributed by atoms with Crippen molar-refractivity contribution in [3.8, 4) is 0 Å². The van der Waals surface area contributed by atoms with E-state index in [0.717, 1.165) is 11.3 Å². The third-order valence-corrected chi connectivity index (χ3v) is 2.85. The van der Waals surface area contributed by atoms with Gasteiger partial charge in [0.25, 0.3) is 0 Å². The van der Waals surface area contributed by atoms with Gasteiger partial charge in [-0.15, -0.1) is 11.3 Å². The predicted molar refractivity (Wildman–Crippen MR) is 50.5 cm³/mol. The van der Waals surface area contributed by atoms with Crippen molar-refractivity contribution in [3.63, 3.8) is 0 Å². The minimum absolute atomic E-state index is 0.0596. The van der Waals surface area contributed by atoms with Crippen molar-refractivity contribution in [1.29, 1.82) is 0 Å². The number of esters is 1. The Hall–Kier alpha value is -1.07. The highest BCUT2D eigenvalue weighted by Gasteiger charge is 2.21. The van der Waals surface area contributed by atoms with Crippen LogP contribution in [0, 0.1) is 0 Å². The van der Waals surface area contributed by atoms with Crippen LogP contribution in [-0.4, -0.2) is 19.4 Å². The van der Waals surface area contributed by atoms with Gasteiger partial charge in [0.2, 0.25) is 0 Å². The van der Waals surface area contributed by atoms with Gasteiger partial charge < -0.3 is 10.5 Å². The van der Waals surface area contributed by atoms with Crippen molar-refractivity contribution in [2.45, 2.75) is 0 Å². The molecule has 1 rings (SSSR count). The number of nitrogens with two attached hydrogens (primary N) is 1. The molecule has 70 valence electrons. The summed E-state index contributed by atoms with van der Waals surface area (Å²) in [4.78, 5) is 21.7. The molecule has 1 aromatic rings. The van der Waals surface area contributed by atoms with Crippen LogP contribution in [0.1, 0.15) is 20.0 Å². The van der Waals surface area contributed by atoms with Crippen molar-refractivity contribution < 1.29 is 14.3 Å². The van der Waals surface area contributed by atoms with Crippen molar-refractivity contribution >= 4 is 40.2 Å². The molecule has 1 heterocycles. The van der Waals surface area contributed by atoms with Gasteiger partial charge in [-0.1, -0.05) is 11.6 Å². The topological polar surface area (TPSA) is 69.4 Å². The maximum Gasteiger partial charge on any atom is 0.342 e. The molecule has 2 N–H and O–H groups in total. The molecule has 0 aliphatic rings. The number of rotatable bonds is 2. The second kappa shape index (κ2) is 3.76. The maximum atomic E-state index is 11.1. The normalized spacial score (nSPS) is 9.69. The SMILES string of the molecule is COC(=O)c1c(N)sc(C=O)c1Cl. The number of nitrogen functional groups attached to an aromatic ring is 1. The van der Waals surface area contributed by atoms with Gasteiger partial charge in [0.15, 0.2) is 6.29 Å². The number of anilines is 1. The molecule has 13 heavy (non-hydrogen) atoms. The molecule has 0 bridgehead atoms. The van der Waals surface area contributed by atoms with E-state index in [4.69, 9.17) is 17.3 Å². The van der Waals surface area contributed by atoms with Crippen LogP contribution in [-0.2, 0) is 4.74 Å². The Balaban J connectivity index is 3.28. The summed E-state index contributed by atoms with van der Waals surface area (Å²) < 4.78 is 4.44. The van der Waals surface area contributed by atoms with Gasteiger partial charge in [-0.3, -0.25) is 4.79 Å².